The first kappa shape index (κ1) is 12.7. The van der Waals surface area contributed by atoms with Gasteiger partial charge >= 0.3 is 0 Å². The van der Waals surface area contributed by atoms with E-state index in [1.807, 2.05) is 12.1 Å². The summed E-state index contributed by atoms with van der Waals surface area (Å²) in [6, 6.07) is 15.9. The lowest BCUT2D eigenvalue weighted by Gasteiger charge is -2.05. The quantitative estimate of drug-likeness (QED) is 0.819. The van der Waals surface area contributed by atoms with Crippen molar-refractivity contribution in [3.05, 3.63) is 65.2 Å². The number of nitrogens with one attached hydrogen (secondary N) is 1. The molecule has 2 rings (SSSR count). The van der Waals surface area contributed by atoms with Gasteiger partial charge in [-0.05, 0) is 42.0 Å². The number of nitriles is 1. The van der Waals surface area contributed by atoms with E-state index in [9.17, 15) is 4.79 Å². The Labute approximate surface area is 111 Å². The van der Waals surface area contributed by atoms with E-state index in [2.05, 4.69) is 11.4 Å². The van der Waals surface area contributed by atoms with Crippen LogP contribution in [0, 0.1) is 11.3 Å². The van der Waals surface area contributed by atoms with Crippen LogP contribution in [0.4, 0.5) is 5.69 Å². The fourth-order valence-corrected chi connectivity index (χ4v) is 1.62. The molecule has 4 nitrogen and oxygen atoms in total. The average Bonchev–Trinajstić information content (AvgIpc) is 2.46. The van der Waals surface area contributed by atoms with Crippen LogP contribution in [-0.4, -0.2) is 5.91 Å². The van der Waals surface area contributed by atoms with Crippen LogP contribution >= 0.6 is 0 Å². The van der Waals surface area contributed by atoms with Crippen molar-refractivity contribution < 1.29 is 4.79 Å². The predicted octanol–water partition coefficient (Wildman–Crippen LogP) is 2.07. The summed E-state index contributed by atoms with van der Waals surface area (Å²) in [7, 11) is 0. The van der Waals surface area contributed by atoms with Crippen LogP contribution in [-0.2, 0) is 6.54 Å². The number of nitrogens with zero attached hydrogens (tertiary/aromatic N) is 1. The van der Waals surface area contributed by atoms with E-state index in [1.54, 1.807) is 36.4 Å². The second-order valence-corrected chi connectivity index (χ2v) is 4.11. The van der Waals surface area contributed by atoms with Crippen molar-refractivity contribution in [3.63, 3.8) is 0 Å². The summed E-state index contributed by atoms with van der Waals surface area (Å²) >= 11 is 0. The Bertz CT molecular complexity index is 609. The van der Waals surface area contributed by atoms with Gasteiger partial charge < -0.3 is 11.1 Å². The van der Waals surface area contributed by atoms with Crippen molar-refractivity contribution in [1.29, 1.82) is 5.26 Å². The molecule has 4 heteroatoms. The Morgan fingerprint density at radius 2 is 1.74 bits per heavy atom. The second kappa shape index (κ2) is 5.69. The largest absolute Gasteiger partial charge is 0.399 e. The standard InChI is InChI=1S/C15H13N3O/c16-9-11-1-3-12(4-2-11)10-18-15(19)13-5-7-14(17)8-6-13/h1-8H,10,17H2,(H,18,19). The zero-order chi connectivity index (χ0) is 13.7. The number of carbonyl (C=O) groups excluding carboxylic acids is 1. The predicted molar refractivity (Wildman–Crippen MR) is 73.2 cm³/mol. The van der Waals surface area contributed by atoms with Crippen molar-refractivity contribution in [3.8, 4) is 6.07 Å². The van der Waals surface area contributed by atoms with Gasteiger partial charge in [0, 0.05) is 17.8 Å². The number of nitrogen functional groups attached to an aromatic ring is 1. The fourth-order valence-electron chi connectivity index (χ4n) is 1.62. The SMILES string of the molecule is N#Cc1ccc(CNC(=O)c2ccc(N)cc2)cc1. The molecule has 3 N–H and O–H groups in total. The summed E-state index contributed by atoms with van der Waals surface area (Å²) in [5, 5.41) is 11.5. The zero-order valence-electron chi connectivity index (χ0n) is 10.3. The highest BCUT2D eigenvalue weighted by molar-refractivity contribution is 5.94. The van der Waals surface area contributed by atoms with Gasteiger partial charge in [0.15, 0.2) is 0 Å². The number of anilines is 1. The third kappa shape index (κ3) is 3.33. The molecule has 1 amide bonds. The number of hydrogen-bond acceptors (Lipinski definition) is 3. The van der Waals surface area contributed by atoms with Crippen LogP contribution in [0.15, 0.2) is 48.5 Å². The molecule has 94 valence electrons. The van der Waals surface area contributed by atoms with Crippen LogP contribution in [0.1, 0.15) is 21.5 Å². The molecule has 2 aromatic carbocycles. The summed E-state index contributed by atoms with van der Waals surface area (Å²) in [5.41, 5.74) is 8.31. The number of benzene rings is 2. The molecule has 0 fully saturated rings. The van der Waals surface area contributed by atoms with Gasteiger partial charge in [-0.25, -0.2) is 0 Å². The van der Waals surface area contributed by atoms with Gasteiger partial charge in [0.2, 0.25) is 0 Å². The van der Waals surface area contributed by atoms with Crippen LogP contribution in [0.3, 0.4) is 0 Å². The van der Waals surface area contributed by atoms with E-state index in [4.69, 9.17) is 11.0 Å². The van der Waals surface area contributed by atoms with Gasteiger partial charge in [0.25, 0.3) is 5.91 Å². The fraction of sp³-hybridized carbons (Fsp3) is 0.0667. The molecule has 0 saturated carbocycles. The van der Waals surface area contributed by atoms with Crippen LogP contribution < -0.4 is 11.1 Å². The van der Waals surface area contributed by atoms with Gasteiger partial charge in [-0.15, -0.1) is 0 Å². The Balaban J connectivity index is 1.96. The van der Waals surface area contributed by atoms with Crippen molar-refractivity contribution in [2.75, 3.05) is 5.73 Å². The Hall–Kier alpha value is -2.80. The molecule has 0 aliphatic rings. The molecular formula is C15H13N3O. The molecule has 0 aliphatic heterocycles. The lowest BCUT2D eigenvalue weighted by atomic mass is 10.1. The van der Waals surface area contributed by atoms with E-state index in [-0.39, 0.29) is 5.91 Å². The van der Waals surface area contributed by atoms with Gasteiger partial charge in [0.05, 0.1) is 11.6 Å². The van der Waals surface area contributed by atoms with Crippen molar-refractivity contribution >= 4 is 11.6 Å². The minimum atomic E-state index is -0.149. The number of nitrogens with two attached hydrogens (primary N) is 1. The van der Waals surface area contributed by atoms with Gasteiger partial charge in [-0.1, -0.05) is 12.1 Å². The second-order valence-electron chi connectivity index (χ2n) is 4.11. The van der Waals surface area contributed by atoms with Gasteiger partial charge in [0.1, 0.15) is 0 Å². The topological polar surface area (TPSA) is 78.9 Å². The molecule has 0 spiro atoms. The highest BCUT2D eigenvalue weighted by Crippen LogP contribution is 2.06. The first-order valence-electron chi connectivity index (χ1n) is 5.82. The van der Waals surface area contributed by atoms with E-state index >= 15 is 0 Å². The number of carbonyl (C=O) groups is 1. The summed E-state index contributed by atoms with van der Waals surface area (Å²) in [6.07, 6.45) is 0. The van der Waals surface area contributed by atoms with Crippen molar-refractivity contribution in [2.45, 2.75) is 6.54 Å². The Kier molecular flexibility index (Phi) is 3.79. The monoisotopic (exact) mass is 251 g/mol. The van der Waals surface area contributed by atoms with Crippen molar-refractivity contribution in [1.82, 2.24) is 5.32 Å². The number of hydrogen-bond donors (Lipinski definition) is 2. The first-order chi connectivity index (χ1) is 9.19. The summed E-state index contributed by atoms with van der Waals surface area (Å²) < 4.78 is 0. The molecule has 0 atom stereocenters. The summed E-state index contributed by atoms with van der Waals surface area (Å²) in [4.78, 5) is 11.8. The number of amides is 1. The van der Waals surface area contributed by atoms with Crippen LogP contribution in [0.25, 0.3) is 0 Å². The van der Waals surface area contributed by atoms with Gasteiger partial charge in [-0.3, -0.25) is 4.79 Å². The summed E-state index contributed by atoms with van der Waals surface area (Å²) in [5.74, 6) is -0.149. The molecule has 0 aliphatic carbocycles. The maximum Gasteiger partial charge on any atom is 0.251 e. The van der Waals surface area contributed by atoms with E-state index < -0.39 is 0 Å². The minimum Gasteiger partial charge on any atom is -0.399 e. The maximum absolute atomic E-state index is 11.8. The molecule has 0 unspecified atom stereocenters. The Morgan fingerprint density at radius 3 is 2.32 bits per heavy atom. The molecule has 0 heterocycles. The lowest BCUT2D eigenvalue weighted by molar-refractivity contribution is 0.0951. The first-order valence-corrected chi connectivity index (χ1v) is 5.82. The Morgan fingerprint density at radius 1 is 1.11 bits per heavy atom. The smallest absolute Gasteiger partial charge is 0.251 e. The van der Waals surface area contributed by atoms with Gasteiger partial charge in [-0.2, -0.15) is 5.26 Å². The molecule has 0 saturated heterocycles. The van der Waals surface area contributed by atoms with E-state index in [0.29, 0.717) is 23.4 Å². The highest BCUT2D eigenvalue weighted by atomic mass is 16.1. The molecule has 0 bridgehead atoms. The molecular weight excluding hydrogens is 238 g/mol. The molecule has 19 heavy (non-hydrogen) atoms. The third-order valence-electron chi connectivity index (χ3n) is 2.71. The lowest BCUT2D eigenvalue weighted by Crippen LogP contribution is -2.22. The highest BCUT2D eigenvalue weighted by Gasteiger charge is 2.04. The van der Waals surface area contributed by atoms with E-state index in [0.717, 1.165) is 5.56 Å². The zero-order valence-corrected chi connectivity index (χ0v) is 10.3. The average molecular weight is 251 g/mol. The normalized spacial score (nSPS) is 9.63. The van der Waals surface area contributed by atoms with Crippen LogP contribution in [0.5, 0.6) is 0 Å². The van der Waals surface area contributed by atoms with Crippen LogP contribution in [0.2, 0.25) is 0 Å². The summed E-state index contributed by atoms with van der Waals surface area (Å²) in [6.45, 7) is 0.426. The molecule has 0 aromatic heterocycles. The third-order valence-corrected chi connectivity index (χ3v) is 2.71. The molecule has 2 aromatic rings. The van der Waals surface area contributed by atoms with E-state index in [1.165, 1.54) is 0 Å². The minimum absolute atomic E-state index is 0.149. The maximum atomic E-state index is 11.8. The molecule has 0 radical (unpaired) electrons. The van der Waals surface area contributed by atoms with Crippen molar-refractivity contribution in [2.24, 2.45) is 0 Å². The number of rotatable bonds is 3.